The van der Waals surface area contributed by atoms with Crippen molar-refractivity contribution >= 4 is 28.3 Å². The highest BCUT2D eigenvalue weighted by atomic mass is 35.5. The lowest BCUT2D eigenvalue weighted by Crippen LogP contribution is -2.35. The third-order valence-electron chi connectivity index (χ3n) is 6.15. The Morgan fingerprint density at radius 2 is 1.94 bits per heavy atom. The van der Waals surface area contributed by atoms with Crippen molar-refractivity contribution in [2.45, 2.75) is 18.9 Å². The molecule has 9 heteroatoms. The van der Waals surface area contributed by atoms with Crippen LogP contribution in [0.4, 0.5) is 0 Å². The summed E-state index contributed by atoms with van der Waals surface area (Å²) in [4.78, 5) is 18.1. The standard InChI is InChI=1S/C25H24ClN3O5/c1-29-9-7-16(8-10-29)33-15-5-3-14(4-6-15)17-11-18-20(12-19(17)26)27-25(31)23(18)24(30)21-13-22(32-2)28-34-21/h3-6,11-13,16,27,31H,7-10H2,1-2H3. The molecule has 4 aromatic rings. The van der Waals surface area contributed by atoms with E-state index in [-0.39, 0.29) is 29.2 Å². The zero-order valence-electron chi connectivity index (χ0n) is 18.8. The van der Waals surface area contributed by atoms with Gasteiger partial charge < -0.3 is 29.0 Å². The number of H-pyrrole nitrogens is 1. The van der Waals surface area contributed by atoms with E-state index in [1.807, 2.05) is 24.3 Å². The Balaban J connectivity index is 1.45. The van der Waals surface area contributed by atoms with Gasteiger partial charge in [0.1, 0.15) is 11.9 Å². The lowest BCUT2D eigenvalue weighted by Gasteiger charge is -2.29. The van der Waals surface area contributed by atoms with Crippen LogP contribution in [-0.2, 0) is 0 Å². The number of hydrogen-bond donors (Lipinski definition) is 2. The van der Waals surface area contributed by atoms with Gasteiger partial charge in [-0.1, -0.05) is 23.7 Å². The average molecular weight is 482 g/mol. The van der Waals surface area contributed by atoms with Gasteiger partial charge in [-0.2, -0.15) is 0 Å². The number of aromatic nitrogens is 2. The number of aromatic amines is 1. The van der Waals surface area contributed by atoms with Gasteiger partial charge in [0, 0.05) is 24.0 Å². The Bertz CT molecular complexity index is 1340. The summed E-state index contributed by atoms with van der Waals surface area (Å²) < 4.78 is 16.2. The Morgan fingerprint density at radius 3 is 2.62 bits per heavy atom. The Morgan fingerprint density at radius 1 is 1.21 bits per heavy atom. The largest absolute Gasteiger partial charge is 0.494 e. The Labute approximate surface area is 201 Å². The number of aromatic hydroxyl groups is 1. The van der Waals surface area contributed by atoms with E-state index in [1.165, 1.54) is 13.2 Å². The van der Waals surface area contributed by atoms with Crippen molar-refractivity contribution in [2.75, 3.05) is 27.2 Å². The van der Waals surface area contributed by atoms with E-state index >= 15 is 0 Å². The molecule has 0 saturated carbocycles. The number of carbonyl (C=O) groups is 1. The van der Waals surface area contributed by atoms with E-state index in [9.17, 15) is 9.90 Å². The molecule has 0 amide bonds. The quantitative estimate of drug-likeness (QED) is 0.378. The van der Waals surface area contributed by atoms with E-state index < -0.39 is 5.78 Å². The molecule has 0 radical (unpaired) electrons. The number of methoxy groups -OCH3 is 1. The highest BCUT2D eigenvalue weighted by Gasteiger charge is 2.25. The summed E-state index contributed by atoms with van der Waals surface area (Å²) in [7, 11) is 3.55. The molecule has 0 bridgehead atoms. The summed E-state index contributed by atoms with van der Waals surface area (Å²) in [6, 6.07) is 12.6. The maximum Gasteiger partial charge on any atom is 0.254 e. The predicted octanol–water partition coefficient (Wildman–Crippen LogP) is 4.89. The molecule has 34 heavy (non-hydrogen) atoms. The van der Waals surface area contributed by atoms with Crippen LogP contribution >= 0.6 is 11.6 Å². The van der Waals surface area contributed by atoms with Gasteiger partial charge in [-0.25, -0.2) is 0 Å². The van der Waals surface area contributed by atoms with Crippen LogP contribution in [0, 0.1) is 0 Å². The summed E-state index contributed by atoms with van der Waals surface area (Å²) in [5, 5.41) is 15.1. The van der Waals surface area contributed by atoms with Crippen molar-refractivity contribution in [1.29, 1.82) is 0 Å². The van der Waals surface area contributed by atoms with E-state index in [2.05, 4.69) is 22.1 Å². The number of ether oxygens (including phenoxy) is 2. The SMILES string of the molecule is COc1cc(C(=O)c2c(O)[nH]c3cc(Cl)c(-c4ccc(OC5CCN(C)CC5)cc4)cc23)on1. The molecule has 1 aliphatic rings. The van der Waals surface area contributed by atoms with Gasteiger partial charge in [0.25, 0.3) is 5.88 Å². The van der Waals surface area contributed by atoms with Gasteiger partial charge in [-0.05, 0) is 54.9 Å². The molecule has 3 heterocycles. The molecule has 1 saturated heterocycles. The second-order valence-electron chi connectivity index (χ2n) is 8.43. The molecule has 2 aromatic carbocycles. The first-order valence-electron chi connectivity index (χ1n) is 11.0. The Hall–Kier alpha value is -3.49. The molecule has 0 spiro atoms. The zero-order valence-corrected chi connectivity index (χ0v) is 19.6. The minimum Gasteiger partial charge on any atom is -0.494 e. The first-order chi connectivity index (χ1) is 16.4. The van der Waals surface area contributed by atoms with Gasteiger partial charge in [0.15, 0.2) is 0 Å². The lowest BCUT2D eigenvalue weighted by molar-refractivity contribution is 0.0999. The topological polar surface area (TPSA) is 101 Å². The normalized spacial score (nSPS) is 15.0. The van der Waals surface area contributed by atoms with Gasteiger partial charge in [-0.15, -0.1) is 0 Å². The molecule has 1 aliphatic heterocycles. The number of ketones is 1. The van der Waals surface area contributed by atoms with E-state index in [0.29, 0.717) is 15.9 Å². The first kappa shape index (κ1) is 22.3. The molecular formula is C25H24ClN3O5. The molecule has 1 fully saturated rings. The summed E-state index contributed by atoms with van der Waals surface area (Å²) >= 11 is 6.56. The van der Waals surface area contributed by atoms with Crippen LogP contribution in [0.2, 0.25) is 5.02 Å². The van der Waals surface area contributed by atoms with Crippen molar-refractivity contribution in [1.82, 2.24) is 15.0 Å². The van der Waals surface area contributed by atoms with Crippen LogP contribution < -0.4 is 9.47 Å². The van der Waals surface area contributed by atoms with Crippen LogP contribution in [0.15, 0.2) is 47.0 Å². The molecule has 8 nitrogen and oxygen atoms in total. The van der Waals surface area contributed by atoms with E-state index in [0.717, 1.165) is 42.8 Å². The maximum absolute atomic E-state index is 13.0. The number of fused-ring (bicyclic) bond motifs is 1. The molecule has 5 rings (SSSR count). The number of piperidine rings is 1. The lowest BCUT2D eigenvalue weighted by atomic mass is 10.0. The van der Waals surface area contributed by atoms with Crippen molar-refractivity contribution in [3.63, 3.8) is 0 Å². The van der Waals surface area contributed by atoms with Crippen molar-refractivity contribution in [3.05, 3.63) is 58.8 Å². The monoisotopic (exact) mass is 481 g/mol. The predicted molar refractivity (Wildman–Crippen MR) is 128 cm³/mol. The zero-order chi connectivity index (χ0) is 23.8. The van der Waals surface area contributed by atoms with Gasteiger partial charge in [-0.3, -0.25) is 4.79 Å². The molecular weight excluding hydrogens is 458 g/mol. The van der Waals surface area contributed by atoms with Gasteiger partial charge >= 0.3 is 0 Å². The maximum atomic E-state index is 13.0. The fraction of sp³-hybridized carbons (Fsp3) is 0.280. The molecule has 0 atom stereocenters. The van der Waals surface area contributed by atoms with Crippen LogP contribution in [0.5, 0.6) is 17.5 Å². The second kappa shape index (κ2) is 9.04. The number of rotatable bonds is 6. The number of likely N-dealkylation sites (tertiary alicyclic amines) is 1. The number of carbonyl (C=O) groups excluding carboxylic acids is 1. The van der Waals surface area contributed by atoms with Crippen molar-refractivity contribution < 1.29 is 23.9 Å². The van der Waals surface area contributed by atoms with E-state index in [1.54, 1.807) is 12.1 Å². The number of nitrogens with zero attached hydrogens (tertiary/aromatic N) is 2. The number of hydrogen-bond acceptors (Lipinski definition) is 7. The van der Waals surface area contributed by atoms with Crippen LogP contribution in [0.25, 0.3) is 22.0 Å². The van der Waals surface area contributed by atoms with Crippen LogP contribution in [0.1, 0.15) is 29.0 Å². The number of nitrogens with one attached hydrogen (secondary N) is 1. The summed E-state index contributed by atoms with van der Waals surface area (Å²) in [6.07, 6.45) is 2.23. The van der Waals surface area contributed by atoms with Crippen LogP contribution in [0.3, 0.4) is 0 Å². The number of benzene rings is 2. The molecule has 0 unspecified atom stereocenters. The van der Waals surface area contributed by atoms with Crippen molar-refractivity contribution in [3.8, 4) is 28.6 Å². The average Bonchev–Trinajstić information content (AvgIpc) is 3.44. The first-order valence-corrected chi connectivity index (χ1v) is 11.4. The molecule has 176 valence electrons. The summed E-state index contributed by atoms with van der Waals surface area (Å²) in [6.45, 7) is 2.06. The molecule has 2 aromatic heterocycles. The van der Waals surface area contributed by atoms with Crippen molar-refractivity contribution in [2.24, 2.45) is 0 Å². The minimum atomic E-state index is -0.519. The van der Waals surface area contributed by atoms with E-state index in [4.69, 9.17) is 25.6 Å². The number of halogens is 1. The highest BCUT2D eigenvalue weighted by Crippen LogP contribution is 2.38. The highest BCUT2D eigenvalue weighted by molar-refractivity contribution is 6.34. The smallest absolute Gasteiger partial charge is 0.254 e. The molecule has 0 aliphatic carbocycles. The third kappa shape index (κ3) is 4.22. The second-order valence-corrected chi connectivity index (χ2v) is 8.84. The fourth-order valence-corrected chi connectivity index (χ4v) is 4.52. The molecule has 2 N–H and O–H groups in total. The summed E-state index contributed by atoms with van der Waals surface area (Å²) in [5.41, 5.74) is 2.20. The fourth-order valence-electron chi connectivity index (χ4n) is 4.25. The summed E-state index contributed by atoms with van der Waals surface area (Å²) in [5.74, 6) is 0.152. The van der Waals surface area contributed by atoms with Crippen LogP contribution in [-0.4, -0.2) is 59.3 Å². The Kier molecular flexibility index (Phi) is 5.93. The van der Waals surface area contributed by atoms with Gasteiger partial charge in [0.05, 0.1) is 29.3 Å². The van der Waals surface area contributed by atoms with Gasteiger partial charge in [0.2, 0.25) is 17.4 Å². The minimum absolute atomic E-state index is 0.0417. The third-order valence-corrected chi connectivity index (χ3v) is 6.46.